The van der Waals surface area contributed by atoms with E-state index in [1.54, 1.807) is 6.92 Å². The smallest absolute Gasteiger partial charge is 0.350 e. The summed E-state index contributed by atoms with van der Waals surface area (Å²) in [6.45, 7) is 5.52. The first-order chi connectivity index (χ1) is 8.51. The second kappa shape index (κ2) is 6.38. The molecule has 0 fully saturated rings. The van der Waals surface area contributed by atoms with Crippen LogP contribution in [0.25, 0.3) is 0 Å². The molecule has 4 nitrogen and oxygen atoms in total. The van der Waals surface area contributed by atoms with Crippen molar-refractivity contribution in [2.24, 2.45) is 5.92 Å². The van der Waals surface area contributed by atoms with Gasteiger partial charge in [-0.05, 0) is 19.8 Å². The van der Waals surface area contributed by atoms with E-state index in [0.717, 1.165) is 19.3 Å². The maximum atomic E-state index is 12.2. The van der Waals surface area contributed by atoms with Gasteiger partial charge in [-0.15, -0.1) is 0 Å². The molecule has 0 bridgehead atoms. The summed E-state index contributed by atoms with van der Waals surface area (Å²) >= 11 is 0. The molecule has 0 radical (unpaired) electrons. The predicted octanol–water partition coefficient (Wildman–Crippen LogP) is 3.05. The predicted molar refractivity (Wildman–Crippen MR) is 69.0 cm³/mol. The third-order valence-corrected chi connectivity index (χ3v) is 3.07. The maximum absolute atomic E-state index is 12.2. The number of rotatable bonds is 6. The van der Waals surface area contributed by atoms with Crippen molar-refractivity contribution < 1.29 is 14.3 Å². The van der Waals surface area contributed by atoms with Gasteiger partial charge >= 0.3 is 5.63 Å². The van der Waals surface area contributed by atoms with E-state index in [2.05, 4.69) is 6.92 Å². The number of carbonyl (C=O) groups excluding carboxylic acids is 1. The number of hydrogen-bond acceptors (Lipinski definition) is 4. The number of ketones is 1. The zero-order valence-electron chi connectivity index (χ0n) is 11.2. The lowest BCUT2D eigenvalue weighted by molar-refractivity contribution is 0.0900. The van der Waals surface area contributed by atoms with Gasteiger partial charge in [-0.25, -0.2) is 4.79 Å². The van der Waals surface area contributed by atoms with Crippen LogP contribution in [0.4, 0.5) is 0 Å². The zero-order valence-corrected chi connectivity index (χ0v) is 11.2. The van der Waals surface area contributed by atoms with E-state index in [1.165, 1.54) is 6.07 Å². The summed E-state index contributed by atoms with van der Waals surface area (Å²) in [6.07, 6.45) is 3.32. The first-order valence-electron chi connectivity index (χ1n) is 6.39. The molecule has 1 aromatic heterocycles. The van der Waals surface area contributed by atoms with Gasteiger partial charge in [-0.2, -0.15) is 0 Å². The number of unbranched alkanes of at least 4 members (excludes halogenated alkanes) is 1. The molecule has 1 unspecified atom stereocenters. The Balaban J connectivity index is 3.06. The molecular formula is C14H20O4. The monoisotopic (exact) mass is 252 g/mol. The van der Waals surface area contributed by atoms with E-state index in [0.29, 0.717) is 12.2 Å². The van der Waals surface area contributed by atoms with Gasteiger partial charge in [-0.3, -0.25) is 4.79 Å². The molecule has 0 aliphatic heterocycles. The Hall–Kier alpha value is -1.58. The fraction of sp³-hybridized carbons (Fsp3) is 0.571. The van der Waals surface area contributed by atoms with E-state index < -0.39 is 5.63 Å². The standard InChI is InChI=1S/C14H20O4/c1-4-6-7-10(5-2)13(16)12-11(15)8-9(3)18-14(12)17/h8,10,15H,4-7H2,1-3H3. The fourth-order valence-electron chi connectivity index (χ4n) is 2.00. The first kappa shape index (κ1) is 14.5. The number of aromatic hydroxyl groups is 1. The highest BCUT2D eigenvalue weighted by molar-refractivity contribution is 5.99. The Kier molecular flexibility index (Phi) is 5.13. The summed E-state index contributed by atoms with van der Waals surface area (Å²) < 4.78 is 4.87. The summed E-state index contributed by atoms with van der Waals surface area (Å²) in [5.41, 5.74) is -0.948. The molecule has 1 atom stereocenters. The van der Waals surface area contributed by atoms with Crippen molar-refractivity contribution >= 4 is 5.78 Å². The largest absolute Gasteiger partial charge is 0.507 e. The van der Waals surface area contributed by atoms with Crippen LogP contribution in [0.2, 0.25) is 0 Å². The Morgan fingerprint density at radius 2 is 2.11 bits per heavy atom. The molecule has 0 aromatic carbocycles. The van der Waals surface area contributed by atoms with Crippen LogP contribution in [0.15, 0.2) is 15.3 Å². The molecule has 0 aliphatic rings. The second-order valence-electron chi connectivity index (χ2n) is 4.52. The van der Waals surface area contributed by atoms with Gasteiger partial charge in [0.05, 0.1) is 0 Å². The van der Waals surface area contributed by atoms with Crippen molar-refractivity contribution in [2.45, 2.75) is 46.5 Å². The minimum absolute atomic E-state index is 0.205. The van der Waals surface area contributed by atoms with Crippen molar-refractivity contribution in [3.63, 3.8) is 0 Å². The maximum Gasteiger partial charge on any atom is 0.350 e. The minimum atomic E-state index is -0.743. The average molecular weight is 252 g/mol. The molecule has 4 heteroatoms. The topological polar surface area (TPSA) is 67.5 Å². The lowest BCUT2D eigenvalue weighted by atomic mass is 9.91. The van der Waals surface area contributed by atoms with Gasteiger partial charge in [-0.1, -0.05) is 26.7 Å². The van der Waals surface area contributed by atoms with Crippen LogP contribution in [0.1, 0.15) is 55.6 Å². The Morgan fingerprint density at radius 3 is 2.61 bits per heavy atom. The summed E-state index contributed by atoms with van der Waals surface area (Å²) in [7, 11) is 0. The van der Waals surface area contributed by atoms with E-state index in [4.69, 9.17) is 4.42 Å². The van der Waals surface area contributed by atoms with E-state index in [-0.39, 0.29) is 23.0 Å². The number of Topliss-reactive ketones (excluding diaryl/α,β-unsaturated/α-hetero) is 1. The van der Waals surface area contributed by atoms with Gasteiger partial charge in [0.1, 0.15) is 17.1 Å². The van der Waals surface area contributed by atoms with Crippen molar-refractivity contribution in [3.05, 3.63) is 27.8 Å². The molecular weight excluding hydrogens is 232 g/mol. The Morgan fingerprint density at radius 1 is 1.44 bits per heavy atom. The molecule has 1 heterocycles. The van der Waals surface area contributed by atoms with Gasteiger partial charge in [0.15, 0.2) is 5.78 Å². The second-order valence-corrected chi connectivity index (χ2v) is 4.52. The third kappa shape index (κ3) is 3.22. The molecule has 0 saturated carbocycles. The minimum Gasteiger partial charge on any atom is -0.507 e. The summed E-state index contributed by atoms with van der Waals surface area (Å²) in [5, 5.41) is 9.73. The molecule has 100 valence electrons. The van der Waals surface area contributed by atoms with Gasteiger partial charge in [0.2, 0.25) is 0 Å². The highest BCUT2D eigenvalue weighted by atomic mass is 16.4. The van der Waals surface area contributed by atoms with Crippen LogP contribution in [-0.4, -0.2) is 10.9 Å². The molecule has 1 aromatic rings. The normalized spacial score (nSPS) is 12.4. The van der Waals surface area contributed by atoms with Crippen molar-refractivity contribution in [3.8, 4) is 5.75 Å². The summed E-state index contributed by atoms with van der Waals surface area (Å²) in [4.78, 5) is 23.9. The quantitative estimate of drug-likeness (QED) is 0.790. The highest BCUT2D eigenvalue weighted by Gasteiger charge is 2.24. The lowest BCUT2D eigenvalue weighted by Gasteiger charge is -2.13. The molecule has 0 spiro atoms. The lowest BCUT2D eigenvalue weighted by Crippen LogP contribution is -2.22. The van der Waals surface area contributed by atoms with Gasteiger partial charge in [0.25, 0.3) is 0 Å². The van der Waals surface area contributed by atoms with Crippen LogP contribution in [0.5, 0.6) is 5.75 Å². The fourth-order valence-corrected chi connectivity index (χ4v) is 2.00. The van der Waals surface area contributed by atoms with Crippen LogP contribution in [-0.2, 0) is 0 Å². The first-order valence-corrected chi connectivity index (χ1v) is 6.39. The van der Waals surface area contributed by atoms with E-state index in [1.807, 2.05) is 6.92 Å². The number of carbonyl (C=O) groups is 1. The van der Waals surface area contributed by atoms with E-state index >= 15 is 0 Å². The van der Waals surface area contributed by atoms with Crippen molar-refractivity contribution in [1.29, 1.82) is 0 Å². The summed E-state index contributed by atoms with van der Waals surface area (Å²) in [6, 6.07) is 1.31. The molecule has 1 N–H and O–H groups in total. The molecule has 0 amide bonds. The Labute approximate surface area is 107 Å². The highest BCUT2D eigenvalue weighted by Crippen LogP contribution is 2.23. The SMILES string of the molecule is CCCCC(CC)C(=O)c1c(O)cc(C)oc1=O. The van der Waals surface area contributed by atoms with Crippen molar-refractivity contribution in [2.75, 3.05) is 0 Å². The van der Waals surface area contributed by atoms with Crippen LogP contribution >= 0.6 is 0 Å². The van der Waals surface area contributed by atoms with Crippen LogP contribution < -0.4 is 5.63 Å². The van der Waals surface area contributed by atoms with Gasteiger partial charge in [0, 0.05) is 12.0 Å². The summed E-state index contributed by atoms with van der Waals surface area (Å²) in [5.74, 6) is -0.502. The third-order valence-electron chi connectivity index (χ3n) is 3.07. The molecule has 0 aliphatic carbocycles. The van der Waals surface area contributed by atoms with Gasteiger partial charge < -0.3 is 9.52 Å². The number of hydrogen-bond donors (Lipinski definition) is 1. The Bertz CT molecular complexity index is 473. The molecule has 0 saturated heterocycles. The number of aryl methyl sites for hydroxylation is 1. The van der Waals surface area contributed by atoms with Crippen LogP contribution in [0.3, 0.4) is 0 Å². The zero-order chi connectivity index (χ0) is 13.7. The van der Waals surface area contributed by atoms with E-state index in [9.17, 15) is 14.7 Å². The average Bonchev–Trinajstić information content (AvgIpc) is 2.28. The molecule has 1 rings (SSSR count). The van der Waals surface area contributed by atoms with Crippen molar-refractivity contribution in [1.82, 2.24) is 0 Å². The van der Waals surface area contributed by atoms with Crippen LogP contribution in [0, 0.1) is 12.8 Å². The molecule has 18 heavy (non-hydrogen) atoms.